The molecule has 6 nitrogen and oxygen atoms in total. The molecule has 0 unspecified atom stereocenters. The highest BCUT2D eigenvalue weighted by Gasteiger charge is 2.12. The van der Waals surface area contributed by atoms with Gasteiger partial charge in [0.25, 0.3) is 0 Å². The van der Waals surface area contributed by atoms with E-state index in [1.165, 1.54) is 0 Å². The first-order valence-corrected chi connectivity index (χ1v) is 5.96. The summed E-state index contributed by atoms with van der Waals surface area (Å²) in [4.78, 5) is 10.6. The molecule has 0 aliphatic rings. The van der Waals surface area contributed by atoms with Gasteiger partial charge in [-0.3, -0.25) is 4.90 Å². The molecule has 0 amide bonds. The minimum absolute atomic E-state index is 0.259. The molecule has 0 saturated heterocycles. The first-order chi connectivity index (χ1) is 8.54. The Bertz CT molecular complexity index is 504. The normalized spacial score (nSPS) is 11.7. The Morgan fingerprint density at radius 2 is 2.06 bits per heavy atom. The quantitative estimate of drug-likeness (QED) is 0.809. The second-order valence-corrected chi connectivity index (χ2v) is 4.73. The summed E-state index contributed by atoms with van der Waals surface area (Å²) in [5, 5.41) is 3.95. The van der Waals surface area contributed by atoms with E-state index in [4.69, 9.17) is 8.94 Å². The Hall–Kier alpha value is -1.69. The molecule has 2 rings (SSSR count). The predicted octanol–water partition coefficient (Wildman–Crippen LogP) is 2.12. The van der Waals surface area contributed by atoms with Crippen LogP contribution in [0.5, 0.6) is 0 Å². The summed E-state index contributed by atoms with van der Waals surface area (Å²) in [5.41, 5.74) is 0.905. The van der Waals surface area contributed by atoms with Crippen molar-refractivity contribution < 1.29 is 8.94 Å². The standard InChI is InChI=1S/C12H18N4O2/c1-8(2)12-14-11(15-18-12)6-16(4)5-10-7-17-9(3)13-10/h7-8H,5-6H2,1-4H3. The molecule has 0 aliphatic carbocycles. The van der Waals surface area contributed by atoms with Crippen molar-refractivity contribution in [1.29, 1.82) is 0 Å². The van der Waals surface area contributed by atoms with E-state index in [2.05, 4.69) is 20.0 Å². The van der Waals surface area contributed by atoms with Crippen LogP contribution in [0.15, 0.2) is 15.2 Å². The number of aromatic nitrogens is 3. The molecule has 98 valence electrons. The second-order valence-electron chi connectivity index (χ2n) is 4.73. The van der Waals surface area contributed by atoms with E-state index >= 15 is 0 Å². The lowest BCUT2D eigenvalue weighted by Gasteiger charge is -2.11. The predicted molar refractivity (Wildman–Crippen MR) is 64.8 cm³/mol. The monoisotopic (exact) mass is 250 g/mol. The fraction of sp³-hybridized carbons (Fsp3) is 0.583. The van der Waals surface area contributed by atoms with E-state index in [1.54, 1.807) is 6.26 Å². The molecule has 0 saturated carbocycles. The molecule has 0 spiro atoms. The van der Waals surface area contributed by atoms with Gasteiger partial charge in [-0.05, 0) is 7.05 Å². The van der Waals surface area contributed by atoms with Crippen molar-refractivity contribution in [3.63, 3.8) is 0 Å². The van der Waals surface area contributed by atoms with Crippen LogP contribution in [0, 0.1) is 6.92 Å². The summed E-state index contributed by atoms with van der Waals surface area (Å²) < 4.78 is 10.3. The van der Waals surface area contributed by atoms with Gasteiger partial charge in [-0.2, -0.15) is 4.98 Å². The second kappa shape index (κ2) is 5.30. The van der Waals surface area contributed by atoms with Gasteiger partial charge in [-0.25, -0.2) is 4.98 Å². The van der Waals surface area contributed by atoms with Crippen LogP contribution in [0.1, 0.15) is 43.1 Å². The van der Waals surface area contributed by atoms with Crippen molar-refractivity contribution in [3.05, 3.63) is 29.6 Å². The van der Waals surface area contributed by atoms with Crippen molar-refractivity contribution in [2.45, 2.75) is 39.8 Å². The number of hydrogen-bond acceptors (Lipinski definition) is 6. The summed E-state index contributed by atoms with van der Waals surface area (Å²) in [6.45, 7) is 7.21. The number of rotatable bonds is 5. The van der Waals surface area contributed by atoms with Gasteiger partial charge in [0.05, 0.1) is 12.2 Å². The molecule has 2 heterocycles. The van der Waals surface area contributed by atoms with E-state index in [0.717, 1.165) is 5.69 Å². The zero-order valence-corrected chi connectivity index (χ0v) is 11.2. The Morgan fingerprint density at radius 3 is 2.61 bits per heavy atom. The molecule has 0 aromatic carbocycles. The minimum Gasteiger partial charge on any atom is -0.449 e. The lowest BCUT2D eigenvalue weighted by Crippen LogP contribution is -2.18. The number of oxazole rings is 1. The fourth-order valence-electron chi connectivity index (χ4n) is 1.62. The van der Waals surface area contributed by atoms with Crippen molar-refractivity contribution in [2.24, 2.45) is 0 Å². The fourth-order valence-corrected chi connectivity index (χ4v) is 1.62. The lowest BCUT2D eigenvalue weighted by molar-refractivity contribution is 0.295. The Labute approximate surface area is 106 Å². The highest BCUT2D eigenvalue weighted by Crippen LogP contribution is 2.12. The van der Waals surface area contributed by atoms with E-state index in [0.29, 0.717) is 30.7 Å². The number of hydrogen-bond donors (Lipinski definition) is 0. The van der Waals surface area contributed by atoms with Gasteiger partial charge in [0, 0.05) is 19.4 Å². The summed E-state index contributed by atoms with van der Waals surface area (Å²) >= 11 is 0. The topological polar surface area (TPSA) is 68.2 Å². The third-order valence-corrected chi connectivity index (χ3v) is 2.49. The van der Waals surface area contributed by atoms with E-state index < -0.39 is 0 Å². The van der Waals surface area contributed by atoms with Crippen LogP contribution in [-0.2, 0) is 13.1 Å². The molecule has 0 N–H and O–H groups in total. The number of aryl methyl sites for hydroxylation is 1. The first kappa shape index (κ1) is 12.8. The van der Waals surface area contributed by atoms with Gasteiger partial charge in [0.1, 0.15) is 6.26 Å². The van der Waals surface area contributed by atoms with Crippen molar-refractivity contribution >= 4 is 0 Å². The maximum atomic E-state index is 5.16. The zero-order valence-electron chi connectivity index (χ0n) is 11.2. The molecule has 2 aromatic rings. The van der Waals surface area contributed by atoms with Crippen LogP contribution in [0.25, 0.3) is 0 Å². The molecule has 0 radical (unpaired) electrons. The summed E-state index contributed by atoms with van der Waals surface area (Å²) in [5.74, 6) is 2.31. The summed E-state index contributed by atoms with van der Waals surface area (Å²) in [7, 11) is 1.98. The van der Waals surface area contributed by atoms with Crippen LogP contribution in [0.4, 0.5) is 0 Å². The molecule has 0 fully saturated rings. The molecule has 18 heavy (non-hydrogen) atoms. The van der Waals surface area contributed by atoms with Crippen molar-refractivity contribution in [3.8, 4) is 0 Å². The molecular weight excluding hydrogens is 232 g/mol. The van der Waals surface area contributed by atoms with E-state index in [9.17, 15) is 0 Å². The molecule has 2 aromatic heterocycles. The maximum Gasteiger partial charge on any atom is 0.229 e. The average Bonchev–Trinajstić information content (AvgIpc) is 2.88. The van der Waals surface area contributed by atoms with Crippen molar-refractivity contribution in [2.75, 3.05) is 7.05 Å². The zero-order chi connectivity index (χ0) is 13.1. The van der Waals surface area contributed by atoms with Crippen LogP contribution in [0.3, 0.4) is 0 Å². The van der Waals surface area contributed by atoms with Gasteiger partial charge in [-0.15, -0.1) is 0 Å². The molecule has 0 bridgehead atoms. The minimum atomic E-state index is 0.259. The largest absolute Gasteiger partial charge is 0.449 e. The first-order valence-electron chi connectivity index (χ1n) is 5.96. The van der Waals surface area contributed by atoms with Crippen LogP contribution < -0.4 is 0 Å². The summed E-state index contributed by atoms with van der Waals surface area (Å²) in [6.07, 6.45) is 1.67. The van der Waals surface area contributed by atoms with E-state index in [1.807, 2.05) is 27.8 Å². The van der Waals surface area contributed by atoms with Crippen LogP contribution in [-0.4, -0.2) is 27.1 Å². The lowest BCUT2D eigenvalue weighted by atomic mass is 10.2. The van der Waals surface area contributed by atoms with E-state index in [-0.39, 0.29) is 5.92 Å². The highest BCUT2D eigenvalue weighted by atomic mass is 16.5. The van der Waals surface area contributed by atoms with Gasteiger partial charge in [0.2, 0.25) is 5.89 Å². The Morgan fingerprint density at radius 1 is 1.28 bits per heavy atom. The maximum absolute atomic E-state index is 5.16. The van der Waals surface area contributed by atoms with Crippen LogP contribution >= 0.6 is 0 Å². The van der Waals surface area contributed by atoms with Crippen molar-refractivity contribution in [1.82, 2.24) is 20.0 Å². The van der Waals surface area contributed by atoms with Gasteiger partial charge in [-0.1, -0.05) is 19.0 Å². The third-order valence-electron chi connectivity index (χ3n) is 2.49. The molecule has 6 heteroatoms. The summed E-state index contributed by atoms with van der Waals surface area (Å²) in [6, 6.07) is 0. The van der Waals surface area contributed by atoms with Gasteiger partial charge >= 0.3 is 0 Å². The van der Waals surface area contributed by atoms with Gasteiger partial charge in [0.15, 0.2) is 11.7 Å². The average molecular weight is 250 g/mol. The smallest absolute Gasteiger partial charge is 0.229 e. The molecule has 0 aliphatic heterocycles. The Balaban J connectivity index is 1.92. The third kappa shape index (κ3) is 3.16. The SMILES string of the molecule is Cc1nc(CN(C)Cc2noc(C(C)C)n2)co1. The number of nitrogens with zero attached hydrogens (tertiary/aromatic N) is 4. The molecule has 0 atom stereocenters. The molecular formula is C12H18N4O2. The Kier molecular flexibility index (Phi) is 3.76. The van der Waals surface area contributed by atoms with Crippen LogP contribution in [0.2, 0.25) is 0 Å². The highest BCUT2D eigenvalue weighted by molar-refractivity contribution is 4.96. The van der Waals surface area contributed by atoms with Gasteiger partial charge < -0.3 is 8.94 Å².